The van der Waals surface area contributed by atoms with Crippen LogP contribution >= 0.6 is 0 Å². The summed E-state index contributed by atoms with van der Waals surface area (Å²) >= 11 is 0. The van der Waals surface area contributed by atoms with Crippen LogP contribution in [0, 0.1) is 5.92 Å². The summed E-state index contributed by atoms with van der Waals surface area (Å²) in [6.07, 6.45) is -7.99. The summed E-state index contributed by atoms with van der Waals surface area (Å²) in [6, 6.07) is 0.924. The third kappa shape index (κ3) is 5.99. The van der Waals surface area contributed by atoms with Gasteiger partial charge in [-0.3, -0.25) is 9.69 Å². The van der Waals surface area contributed by atoms with Gasteiger partial charge in [0.25, 0.3) is 0 Å². The molecule has 0 radical (unpaired) electrons. The Bertz CT molecular complexity index is 1040. The van der Waals surface area contributed by atoms with Crippen molar-refractivity contribution >= 4 is 15.7 Å². The Balaban J connectivity index is 1.81. The standard InChI is InChI=1S/C23H30F6N2O4S/c1-14-13-35-7-5-19(14)31(2)18-4-6-21(11-18,36(3,33)34)20(32)30-12-15-8-16(22(24,25)26)10-17(9-15)23(27,28)29/h8-10,14,18-19H,4-7,11-13H2,1-3H3,(H,30,32). The van der Waals surface area contributed by atoms with Gasteiger partial charge >= 0.3 is 12.4 Å². The fourth-order valence-corrected chi connectivity index (χ4v) is 6.65. The summed E-state index contributed by atoms with van der Waals surface area (Å²) in [7, 11) is -2.09. The van der Waals surface area contributed by atoms with Gasteiger partial charge in [-0.05, 0) is 62.4 Å². The van der Waals surface area contributed by atoms with E-state index in [0.717, 1.165) is 12.7 Å². The molecule has 1 amide bonds. The lowest BCUT2D eigenvalue weighted by Crippen LogP contribution is -2.52. The summed E-state index contributed by atoms with van der Waals surface area (Å²) in [4.78, 5) is 15.3. The molecule has 0 aromatic heterocycles. The molecule has 1 heterocycles. The molecule has 1 aliphatic heterocycles. The van der Waals surface area contributed by atoms with Crippen LogP contribution in [0.3, 0.4) is 0 Å². The second-order valence-electron chi connectivity index (χ2n) is 9.83. The maximum Gasteiger partial charge on any atom is 0.416 e. The highest BCUT2D eigenvalue weighted by molar-refractivity contribution is 7.92. The Morgan fingerprint density at radius 3 is 2.19 bits per heavy atom. The normalized spacial score (nSPS) is 27.9. The van der Waals surface area contributed by atoms with Crippen molar-refractivity contribution in [1.82, 2.24) is 10.2 Å². The third-order valence-corrected chi connectivity index (χ3v) is 9.34. The third-order valence-electron chi connectivity index (χ3n) is 7.37. The van der Waals surface area contributed by atoms with Crippen molar-refractivity contribution in [3.8, 4) is 0 Å². The minimum atomic E-state index is -5.03. The fraction of sp³-hybridized carbons (Fsp3) is 0.696. The molecule has 4 unspecified atom stereocenters. The Labute approximate surface area is 206 Å². The number of alkyl halides is 6. The number of benzene rings is 1. The lowest BCUT2D eigenvalue weighted by atomic mass is 9.94. The van der Waals surface area contributed by atoms with Crippen molar-refractivity contribution in [2.24, 2.45) is 5.92 Å². The molecular formula is C23H30F6N2O4S. The molecule has 3 rings (SSSR count). The lowest BCUT2D eigenvalue weighted by molar-refractivity contribution is -0.143. The largest absolute Gasteiger partial charge is 0.416 e. The van der Waals surface area contributed by atoms with Gasteiger partial charge in [-0.2, -0.15) is 26.3 Å². The van der Waals surface area contributed by atoms with Crippen LogP contribution in [0.5, 0.6) is 0 Å². The molecule has 1 aliphatic carbocycles. The summed E-state index contributed by atoms with van der Waals surface area (Å²) in [6.45, 7) is 2.48. The molecule has 1 aromatic carbocycles. The smallest absolute Gasteiger partial charge is 0.381 e. The molecule has 4 atom stereocenters. The number of nitrogens with one attached hydrogen (secondary N) is 1. The SMILES string of the molecule is CC1COCCC1N(C)C1CCC(C(=O)NCc2cc(C(F)(F)F)cc(C(F)(F)F)c2)(S(C)(=O)=O)C1. The Kier molecular flexibility index (Phi) is 8.08. The van der Waals surface area contributed by atoms with Crippen molar-refractivity contribution in [3.63, 3.8) is 0 Å². The van der Waals surface area contributed by atoms with E-state index in [0.29, 0.717) is 31.8 Å². The molecule has 0 spiro atoms. The zero-order valence-corrected chi connectivity index (χ0v) is 21.0. The predicted octanol–water partition coefficient (Wildman–Crippen LogP) is 4.03. The average Bonchev–Trinajstić information content (AvgIpc) is 3.23. The van der Waals surface area contributed by atoms with Crippen molar-refractivity contribution in [1.29, 1.82) is 0 Å². The van der Waals surface area contributed by atoms with E-state index in [1.807, 2.05) is 14.0 Å². The minimum absolute atomic E-state index is 0.000661. The van der Waals surface area contributed by atoms with Gasteiger partial charge in [-0.25, -0.2) is 8.42 Å². The quantitative estimate of drug-likeness (QED) is 0.548. The van der Waals surface area contributed by atoms with E-state index in [1.165, 1.54) is 0 Å². The first kappa shape index (κ1) is 28.7. The van der Waals surface area contributed by atoms with Crippen LogP contribution < -0.4 is 5.32 Å². The Hall–Kier alpha value is -1.86. The van der Waals surface area contributed by atoms with Crippen LogP contribution in [0.25, 0.3) is 0 Å². The van der Waals surface area contributed by atoms with Crippen LogP contribution in [0.1, 0.15) is 49.3 Å². The molecule has 1 N–H and O–H groups in total. The van der Waals surface area contributed by atoms with Gasteiger partial charge in [-0.1, -0.05) is 6.92 Å². The number of sulfone groups is 1. The number of carbonyl (C=O) groups is 1. The lowest BCUT2D eigenvalue weighted by Gasteiger charge is -2.40. The maximum absolute atomic E-state index is 13.2. The van der Waals surface area contributed by atoms with E-state index >= 15 is 0 Å². The summed E-state index contributed by atoms with van der Waals surface area (Å²) in [5.74, 6) is -0.721. The minimum Gasteiger partial charge on any atom is -0.381 e. The molecule has 2 fully saturated rings. The van der Waals surface area contributed by atoms with Crippen LogP contribution in [-0.4, -0.2) is 62.6 Å². The predicted molar refractivity (Wildman–Crippen MR) is 120 cm³/mol. The summed E-state index contributed by atoms with van der Waals surface area (Å²) in [5.41, 5.74) is -3.45. The van der Waals surface area contributed by atoms with Crippen LogP contribution in [0.4, 0.5) is 26.3 Å². The highest BCUT2D eigenvalue weighted by Gasteiger charge is 2.54. The molecule has 204 valence electrons. The van der Waals surface area contributed by atoms with Crippen molar-refractivity contribution in [2.45, 2.75) is 68.3 Å². The van der Waals surface area contributed by atoms with E-state index in [4.69, 9.17) is 4.74 Å². The van der Waals surface area contributed by atoms with E-state index in [1.54, 1.807) is 0 Å². The van der Waals surface area contributed by atoms with Crippen molar-refractivity contribution < 1.29 is 44.3 Å². The van der Waals surface area contributed by atoms with Gasteiger partial charge in [0.05, 0.1) is 17.7 Å². The monoisotopic (exact) mass is 544 g/mol. The molecule has 13 heteroatoms. The number of carbonyl (C=O) groups excluding carboxylic acids is 1. The zero-order chi connectivity index (χ0) is 27.1. The van der Waals surface area contributed by atoms with Gasteiger partial charge in [0.1, 0.15) is 0 Å². The van der Waals surface area contributed by atoms with Crippen LogP contribution in [0.2, 0.25) is 0 Å². The molecule has 1 aromatic rings. The second kappa shape index (κ2) is 10.1. The van der Waals surface area contributed by atoms with Gasteiger partial charge < -0.3 is 10.1 Å². The Morgan fingerprint density at radius 2 is 1.69 bits per heavy atom. The van der Waals surface area contributed by atoms with Crippen molar-refractivity contribution in [3.05, 3.63) is 34.9 Å². The first-order valence-corrected chi connectivity index (χ1v) is 13.4. The average molecular weight is 545 g/mol. The maximum atomic E-state index is 13.2. The molecule has 2 aliphatic rings. The molecule has 0 bridgehead atoms. The molecule has 1 saturated heterocycles. The highest BCUT2D eigenvalue weighted by atomic mass is 32.2. The van der Waals surface area contributed by atoms with Crippen LogP contribution in [0.15, 0.2) is 18.2 Å². The number of rotatable bonds is 6. The molecular weight excluding hydrogens is 514 g/mol. The zero-order valence-electron chi connectivity index (χ0n) is 20.2. The van der Waals surface area contributed by atoms with Crippen LogP contribution in [-0.2, 0) is 38.3 Å². The number of ether oxygens (including phenoxy) is 1. The second-order valence-corrected chi connectivity index (χ2v) is 12.2. The number of halogens is 6. The number of hydrogen-bond acceptors (Lipinski definition) is 5. The Morgan fingerprint density at radius 1 is 1.11 bits per heavy atom. The topological polar surface area (TPSA) is 75.7 Å². The number of nitrogens with zero attached hydrogens (tertiary/aromatic N) is 1. The van der Waals surface area contributed by atoms with E-state index in [-0.39, 0.29) is 36.9 Å². The first-order chi connectivity index (χ1) is 16.5. The molecule has 36 heavy (non-hydrogen) atoms. The van der Waals surface area contributed by atoms with E-state index in [2.05, 4.69) is 10.2 Å². The summed E-state index contributed by atoms with van der Waals surface area (Å²) < 4.78 is 108. The van der Waals surface area contributed by atoms with Gasteiger partial charge in [0.15, 0.2) is 14.6 Å². The van der Waals surface area contributed by atoms with E-state index in [9.17, 15) is 39.6 Å². The van der Waals surface area contributed by atoms with Gasteiger partial charge in [0, 0.05) is 31.5 Å². The molecule has 6 nitrogen and oxygen atoms in total. The fourth-order valence-electron chi connectivity index (χ4n) is 5.25. The number of amides is 1. The molecule has 1 saturated carbocycles. The highest BCUT2D eigenvalue weighted by Crippen LogP contribution is 2.41. The summed E-state index contributed by atoms with van der Waals surface area (Å²) in [5, 5.41) is 2.30. The number of hydrogen-bond donors (Lipinski definition) is 1. The van der Waals surface area contributed by atoms with Gasteiger partial charge in [-0.15, -0.1) is 0 Å². The van der Waals surface area contributed by atoms with Gasteiger partial charge in [0.2, 0.25) is 5.91 Å². The van der Waals surface area contributed by atoms with E-state index < -0.39 is 56.1 Å². The van der Waals surface area contributed by atoms with Crippen molar-refractivity contribution in [2.75, 3.05) is 26.5 Å². The first-order valence-electron chi connectivity index (χ1n) is 11.5.